The normalized spacial score (nSPS) is 11.3. The number of nitrogens with zero attached hydrogens (tertiary/aromatic N) is 5. The van der Waals surface area contributed by atoms with Gasteiger partial charge in [0.2, 0.25) is 11.8 Å². The summed E-state index contributed by atoms with van der Waals surface area (Å²) >= 11 is 0. The average molecular weight is 479 g/mol. The molecule has 0 bridgehead atoms. The summed E-state index contributed by atoms with van der Waals surface area (Å²) in [7, 11) is 3.07. The molecule has 0 radical (unpaired) electrons. The average Bonchev–Trinajstić information content (AvgIpc) is 3.51. The summed E-state index contributed by atoms with van der Waals surface area (Å²) in [5.74, 6) is 1.81. The van der Waals surface area contributed by atoms with E-state index in [1.54, 1.807) is 58.2 Å². The maximum absolute atomic E-state index is 13.3. The van der Waals surface area contributed by atoms with Crippen molar-refractivity contribution in [3.05, 3.63) is 53.9 Å². The number of carbonyl (C=O) groups excluding carboxylic acids is 2. The summed E-state index contributed by atoms with van der Waals surface area (Å²) < 4.78 is 23.1. The van der Waals surface area contributed by atoms with E-state index in [4.69, 9.17) is 18.6 Å². The molecule has 0 atom stereocenters. The van der Waals surface area contributed by atoms with Crippen LogP contribution in [0.3, 0.4) is 0 Å². The third-order valence-corrected chi connectivity index (χ3v) is 4.89. The van der Waals surface area contributed by atoms with E-state index < -0.39 is 11.7 Å². The monoisotopic (exact) mass is 479 g/mol. The Morgan fingerprint density at radius 1 is 1.17 bits per heavy atom. The van der Waals surface area contributed by atoms with Gasteiger partial charge in [-0.25, -0.2) is 19.7 Å². The van der Waals surface area contributed by atoms with Gasteiger partial charge in [0, 0.05) is 6.20 Å². The molecule has 1 amide bonds. The Morgan fingerprint density at radius 3 is 2.57 bits per heavy atom. The van der Waals surface area contributed by atoms with Crippen LogP contribution in [-0.4, -0.2) is 51.8 Å². The van der Waals surface area contributed by atoms with Crippen molar-refractivity contribution in [3.63, 3.8) is 0 Å². The Bertz CT molecular complexity index is 1360. The minimum Gasteiger partial charge on any atom is -0.493 e. The van der Waals surface area contributed by atoms with Gasteiger partial charge in [-0.05, 0) is 50.6 Å². The number of hydrogen-bond acceptors (Lipinski definition) is 9. The Labute approximate surface area is 201 Å². The van der Waals surface area contributed by atoms with Crippen LogP contribution < -0.4 is 14.4 Å². The van der Waals surface area contributed by atoms with E-state index in [2.05, 4.69) is 15.1 Å². The predicted octanol–water partition coefficient (Wildman–Crippen LogP) is 4.16. The summed E-state index contributed by atoms with van der Waals surface area (Å²) in [6.45, 7) is 5.36. The summed E-state index contributed by atoms with van der Waals surface area (Å²) in [4.78, 5) is 35.1. The predicted molar refractivity (Wildman–Crippen MR) is 126 cm³/mol. The van der Waals surface area contributed by atoms with Gasteiger partial charge in [0.15, 0.2) is 29.2 Å². The lowest BCUT2D eigenvalue weighted by atomic mass is 10.2. The van der Waals surface area contributed by atoms with E-state index in [0.29, 0.717) is 29.1 Å². The highest BCUT2D eigenvalue weighted by Crippen LogP contribution is 2.30. The lowest BCUT2D eigenvalue weighted by Crippen LogP contribution is -2.38. The standard InChI is InChI=1S/C24H25N5O6/c1-24(2,3)35-23(31)28(13-15-8-9-17(32-4)19(11-15)33-5)22-25-12-16(14-30)21-26-20(27-29(21)22)18-7-6-10-34-18/h6-12,14H,13H2,1-5H3. The summed E-state index contributed by atoms with van der Waals surface area (Å²) in [6.07, 6.45) is 2.79. The Morgan fingerprint density at radius 2 is 1.94 bits per heavy atom. The van der Waals surface area contributed by atoms with Gasteiger partial charge in [-0.3, -0.25) is 4.79 Å². The van der Waals surface area contributed by atoms with Crippen LogP contribution in [0.1, 0.15) is 36.7 Å². The number of hydrogen-bond donors (Lipinski definition) is 0. The Balaban J connectivity index is 1.85. The second kappa shape index (κ2) is 9.45. The van der Waals surface area contributed by atoms with E-state index in [1.807, 2.05) is 0 Å². The molecule has 3 heterocycles. The largest absolute Gasteiger partial charge is 0.493 e. The van der Waals surface area contributed by atoms with Gasteiger partial charge in [-0.1, -0.05) is 6.07 Å². The number of furan rings is 1. The molecule has 0 spiro atoms. The van der Waals surface area contributed by atoms with Crippen LogP contribution >= 0.6 is 0 Å². The van der Waals surface area contributed by atoms with E-state index >= 15 is 0 Å². The molecule has 0 unspecified atom stereocenters. The van der Waals surface area contributed by atoms with Gasteiger partial charge in [0.25, 0.3) is 0 Å². The molecule has 0 aliphatic rings. The molecule has 11 nitrogen and oxygen atoms in total. The van der Waals surface area contributed by atoms with Crippen LogP contribution in [-0.2, 0) is 11.3 Å². The molecule has 4 aromatic rings. The van der Waals surface area contributed by atoms with Crippen LogP contribution in [0.25, 0.3) is 17.2 Å². The molecule has 0 aliphatic carbocycles. The van der Waals surface area contributed by atoms with Crippen LogP contribution in [0.2, 0.25) is 0 Å². The summed E-state index contributed by atoms with van der Waals surface area (Å²) in [5.41, 5.74) is 0.372. The number of ether oxygens (including phenoxy) is 3. The van der Waals surface area contributed by atoms with E-state index in [1.165, 1.54) is 29.0 Å². The van der Waals surface area contributed by atoms with Crippen molar-refractivity contribution in [2.24, 2.45) is 0 Å². The molecule has 182 valence electrons. The molecule has 11 heteroatoms. The molecule has 1 aromatic carbocycles. The SMILES string of the molecule is COc1ccc(CN(C(=O)OC(C)(C)C)c2ncc(C=O)c3nc(-c4ccco4)nn23)cc1OC. The first-order valence-electron chi connectivity index (χ1n) is 10.7. The van der Waals surface area contributed by atoms with E-state index in [0.717, 1.165) is 0 Å². The highest BCUT2D eigenvalue weighted by Gasteiger charge is 2.28. The van der Waals surface area contributed by atoms with Crippen molar-refractivity contribution in [2.75, 3.05) is 19.1 Å². The van der Waals surface area contributed by atoms with Crippen LogP contribution in [0.4, 0.5) is 10.7 Å². The van der Waals surface area contributed by atoms with Crippen molar-refractivity contribution in [3.8, 4) is 23.1 Å². The maximum atomic E-state index is 13.3. The zero-order valence-corrected chi connectivity index (χ0v) is 20.0. The molecule has 35 heavy (non-hydrogen) atoms. The quantitative estimate of drug-likeness (QED) is 0.360. The fourth-order valence-corrected chi connectivity index (χ4v) is 3.35. The first kappa shape index (κ1) is 23.7. The van der Waals surface area contributed by atoms with Crippen molar-refractivity contribution >= 4 is 24.0 Å². The number of amides is 1. The highest BCUT2D eigenvalue weighted by molar-refractivity contribution is 5.88. The number of rotatable bonds is 7. The van der Waals surface area contributed by atoms with Crippen LogP contribution in [0, 0.1) is 0 Å². The van der Waals surface area contributed by atoms with Crippen LogP contribution in [0.5, 0.6) is 11.5 Å². The number of carbonyl (C=O) groups is 2. The molecule has 0 saturated carbocycles. The zero-order chi connectivity index (χ0) is 25.2. The van der Waals surface area contributed by atoms with Crippen molar-refractivity contribution in [1.29, 1.82) is 0 Å². The number of aromatic nitrogens is 4. The third-order valence-electron chi connectivity index (χ3n) is 4.89. The van der Waals surface area contributed by atoms with Crippen molar-refractivity contribution < 1.29 is 28.2 Å². The minimum atomic E-state index is -0.767. The van der Waals surface area contributed by atoms with Crippen molar-refractivity contribution in [1.82, 2.24) is 19.6 Å². The molecular formula is C24H25N5O6. The smallest absolute Gasteiger partial charge is 0.417 e. The van der Waals surface area contributed by atoms with Gasteiger partial charge in [0.05, 0.1) is 32.6 Å². The van der Waals surface area contributed by atoms with E-state index in [9.17, 15) is 9.59 Å². The maximum Gasteiger partial charge on any atom is 0.417 e. The van der Waals surface area contributed by atoms with Gasteiger partial charge in [-0.2, -0.15) is 4.52 Å². The van der Waals surface area contributed by atoms with Crippen molar-refractivity contribution in [2.45, 2.75) is 32.9 Å². The number of benzene rings is 1. The molecular weight excluding hydrogens is 454 g/mol. The van der Waals surface area contributed by atoms with Gasteiger partial charge < -0.3 is 18.6 Å². The van der Waals surface area contributed by atoms with Gasteiger partial charge >= 0.3 is 6.09 Å². The number of anilines is 1. The number of methoxy groups -OCH3 is 2. The number of fused-ring (bicyclic) bond motifs is 1. The molecule has 0 saturated heterocycles. The zero-order valence-electron chi connectivity index (χ0n) is 20.0. The fraction of sp³-hybridized carbons (Fsp3) is 0.292. The fourth-order valence-electron chi connectivity index (χ4n) is 3.35. The molecule has 0 aliphatic heterocycles. The second-order valence-corrected chi connectivity index (χ2v) is 8.54. The van der Waals surface area contributed by atoms with Gasteiger partial charge in [0.1, 0.15) is 5.60 Å². The topological polar surface area (TPSA) is 121 Å². The molecule has 0 fully saturated rings. The molecule has 4 rings (SSSR count). The summed E-state index contributed by atoms with van der Waals surface area (Å²) in [6, 6.07) is 8.68. The summed E-state index contributed by atoms with van der Waals surface area (Å²) in [5, 5.41) is 4.46. The first-order valence-corrected chi connectivity index (χ1v) is 10.7. The minimum absolute atomic E-state index is 0.0632. The lowest BCUT2D eigenvalue weighted by molar-refractivity contribution is 0.0574. The molecule has 3 aromatic heterocycles. The Hall–Kier alpha value is -4.41. The highest BCUT2D eigenvalue weighted by atomic mass is 16.6. The lowest BCUT2D eigenvalue weighted by Gasteiger charge is -2.27. The van der Waals surface area contributed by atoms with Crippen LogP contribution in [0.15, 0.2) is 47.2 Å². The number of aldehydes is 1. The third kappa shape index (κ3) is 4.93. The second-order valence-electron chi connectivity index (χ2n) is 8.54. The first-order chi connectivity index (χ1) is 16.7. The van der Waals surface area contributed by atoms with Gasteiger partial charge in [-0.15, -0.1) is 5.10 Å². The van der Waals surface area contributed by atoms with E-state index in [-0.39, 0.29) is 29.5 Å². The Kier molecular flexibility index (Phi) is 6.41. The molecule has 0 N–H and O–H groups in total.